The molecule has 5 heteroatoms. The van der Waals surface area contributed by atoms with Crippen LogP contribution >= 0.6 is 0 Å². The van der Waals surface area contributed by atoms with Gasteiger partial charge in [-0.15, -0.1) is 0 Å². The second-order valence-electron chi connectivity index (χ2n) is 3.79. The third-order valence-electron chi connectivity index (χ3n) is 1.09. The average molecular weight is 181 g/mol. The molecule has 0 spiro atoms. The van der Waals surface area contributed by atoms with Crippen molar-refractivity contribution >= 4 is 10.3 Å². The van der Waals surface area contributed by atoms with Gasteiger partial charge in [-0.3, -0.25) is 4.55 Å². The molecule has 0 aliphatic heterocycles. The molecule has 0 bridgehead atoms. The predicted molar refractivity (Wildman–Crippen MR) is 43.6 cm³/mol. The van der Waals surface area contributed by atoms with Gasteiger partial charge in [0.25, 0.3) is 0 Å². The fourth-order valence-electron chi connectivity index (χ4n) is 0.750. The highest BCUT2D eigenvalue weighted by Crippen LogP contribution is 2.15. The molecule has 1 N–H and O–H groups in total. The van der Waals surface area contributed by atoms with E-state index in [4.69, 9.17) is 4.55 Å². The Kier molecular flexibility index (Phi) is 3.05. The number of rotatable bonds is 2. The van der Waals surface area contributed by atoms with Gasteiger partial charge in [0.2, 0.25) is 0 Å². The van der Waals surface area contributed by atoms with Crippen LogP contribution in [0.2, 0.25) is 0 Å². The monoisotopic (exact) mass is 181 g/mol. The highest BCUT2D eigenvalue weighted by Gasteiger charge is 2.20. The van der Waals surface area contributed by atoms with Gasteiger partial charge < -0.3 is 0 Å². The van der Waals surface area contributed by atoms with E-state index in [9.17, 15) is 8.42 Å². The minimum Gasteiger partial charge on any atom is -0.273 e. The number of hydrogen-bond donors (Lipinski definition) is 1. The van der Waals surface area contributed by atoms with Crippen LogP contribution in [0.25, 0.3) is 0 Å². The van der Waals surface area contributed by atoms with E-state index in [1.807, 2.05) is 20.8 Å². The summed E-state index contributed by atoms with van der Waals surface area (Å²) in [5.74, 6) is 0. The first kappa shape index (κ1) is 10.9. The molecule has 0 radical (unpaired) electrons. The summed E-state index contributed by atoms with van der Waals surface area (Å²) in [6.45, 7) is 6.00. The van der Waals surface area contributed by atoms with Gasteiger partial charge >= 0.3 is 10.3 Å². The van der Waals surface area contributed by atoms with Crippen LogP contribution in [-0.2, 0) is 10.3 Å². The minimum absolute atomic E-state index is 0.134. The molecule has 0 aliphatic rings. The maximum absolute atomic E-state index is 10.5. The van der Waals surface area contributed by atoms with Gasteiger partial charge in [-0.05, 0) is 5.41 Å². The van der Waals surface area contributed by atoms with Gasteiger partial charge in [0.15, 0.2) is 0 Å². The van der Waals surface area contributed by atoms with Crippen molar-refractivity contribution < 1.29 is 13.0 Å². The zero-order valence-corrected chi connectivity index (χ0v) is 8.14. The van der Waals surface area contributed by atoms with Crippen LogP contribution in [0.4, 0.5) is 0 Å². The molecule has 0 aromatic carbocycles. The van der Waals surface area contributed by atoms with Crippen molar-refractivity contribution in [1.29, 1.82) is 0 Å². The lowest BCUT2D eigenvalue weighted by molar-refractivity contribution is 0.288. The quantitative estimate of drug-likeness (QED) is 0.640. The molecular weight excluding hydrogens is 166 g/mol. The molecule has 0 amide bonds. The van der Waals surface area contributed by atoms with Crippen LogP contribution in [0, 0.1) is 5.41 Å². The Morgan fingerprint density at radius 2 is 1.73 bits per heavy atom. The molecule has 0 saturated carbocycles. The maximum atomic E-state index is 10.5. The van der Waals surface area contributed by atoms with Crippen molar-refractivity contribution in [1.82, 2.24) is 4.31 Å². The lowest BCUT2D eigenvalue weighted by atomic mass is 9.97. The summed E-state index contributed by atoms with van der Waals surface area (Å²) in [4.78, 5) is 0. The van der Waals surface area contributed by atoms with E-state index < -0.39 is 10.3 Å². The largest absolute Gasteiger partial charge is 0.335 e. The van der Waals surface area contributed by atoms with Gasteiger partial charge in [-0.2, -0.15) is 12.7 Å². The first-order valence-electron chi connectivity index (χ1n) is 3.32. The zero-order valence-electron chi connectivity index (χ0n) is 7.33. The molecule has 0 aromatic rings. The highest BCUT2D eigenvalue weighted by atomic mass is 32.2. The second-order valence-corrected chi connectivity index (χ2v) is 5.31. The van der Waals surface area contributed by atoms with Crippen molar-refractivity contribution in [2.75, 3.05) is 13.6 Å². The van der Waals surface area contributed by atoms with Crippen molar-refractivity contribution in [2.24, 2.45) is 5.41 Å². The lowest BCUT2D eigenvalue weighted by Crippen LogP contribution is -2.33. The van der Waals surface area contributed by atoms with E-state index in [1.165, 1.54) is 7.05 Å². The van der Waals surface area contributed by atoms with Gasteiger partial charge in [0.1, 0.15) is 0 Å². The predicted octanol–water partition coefficient (Wildman–Crippen LogP) is 0.767. The molecule has 4 nitrogen and oxygen atoms in total. The van der Waals surface area contributed by atoms with Crippen molar-refractivity contribution in [2.45, 2.75) is 20.8 Å². The van der Waals surface area contributed by atoms with Crippen molar-refractivity contribution in [3.05, 3.63) is 0 Å². The van der Waals surface area contributed by atoms with Crippen LogP contribution < -0.4 is 0 Å². The Morgan fingerprint density at radius 3 is 1.82 bits per heavy atom. The van der Waals surface area contributed by atoms with Crippen LogP contribution in [-0.4, -0.2) is 30.9 Å². The summed E-state index contributed by atoms with van der Waals surface area (Å²) in [5.41, 5.74) is -0.134. The second kappa shape index (κ2) is 3.08. The SMILES string of the molecule is CN(CC(C)(C)C)S(=O)(=O)O. The first-order chi connectivity index (χ1) is 4.63. The normalized spacial score (nSPS) is 14.0. The fraction of sp³-hybridized carbons (Fsp3) is 1.00. The Bertz CT molecular complexity index is 214. The van der Waals surface area contributed by atoms with Crippen LogP contribution in [0.5, 0.6) is 0 Å². The Labute approximate surface area is 68.1 Å². The van der Waals surface area contributed by atoms with Gasteiger partial charge in [0, 0.05) is 13.6 Å². The van der Waals surface area contributed by atoms with Gasteiger partial charge in [-0.1, -0.05) is 20.8 Å². The standard InChI is InChI=1S/C6H15NO3S/c1-6(2,3)5-7(4)11(8,9)10/h5H2,1-4H3,(H,8,9,10). The van der Waals surface area contributed by atoms with E-state index in [-0.39, 0.29) is 5.41 Å². The highest BCUT2D eigenvalue weighted by molar-refractivity contribution is 7.83. The topological polar surface area (TPSA) is 57.6 Å². The summed E-state index contributed by atoms with van der Waals surface area (Å²) in [7, 11) is -2.65. The molecule has 0 fully saturated rings. The summed E-state index contributed by atoms with van der Waals surface area (Å²) in [5, 5.41) is 0. The van der Waals surface area contributed by atoms with Crippen LogP contribution in [0.3, 0.4) is 0 Å². The minimum atomic E-state index is -4.00. The summed E-state index contributed by atoms with van der Waals surface area (Å²) in [6, 6.07) is 0. The molecule has 0 aliphatic carbocycles. The van der Waals surface area contributed by atoms with E-state index in [1.54, 1.807) is 0 Å². The zero-order chi connectivity index (χ0) is 9.28. The number of hydrogen-bond acceptors (Lipinski definition) is 2. The molecule has 0 heterocycles. The smallest absolute Gasteiger partial charge is 0.273 e. The Balaban J connectivity index is 4.22. The summed E-state index contributed by atoms with van der Waals surface area (Å²) >= 11 is 0. The molecule has 0 rings (SSSR count). The van der Waals surface area contributed by atoms with Crippen molar-refractivity contribution in [3.63, 3.8) is 0 Å². The van der Waals surface area contributed by atoms with Crippen LogP contribution in [0.1, 0.15) is 20.8 Å². The fourth-order valence-corrected chi connectivity index (χ4v) is 1.30. The third kappa shape index (κ3) is 5.17. The molecule has 0 atom stereocenters. The van der Waals surface area contributed by atoms with E-state index in [2.05, 4.69) is 0 Å². The van der Waals surface area contributed by atoms with E-state index >= 15 is 0 Å². The van der Waals surface area contributed by atoms with E-state index in [0.29, 0.717) is 6.54 Å². The number of nitrogens with zero attached hydrogens (tertiary/aromatic N) is 1. The molecule has 11 heavy (non-hydrogen) atoms. The Hall–Kier alpha value is -0.130. The lowest BCUT2D eigenvalue weighted by Gasteiger charge is -2.23. The first-order valence-corrected chi connectivity index (χ1v) is 4.71. The third-order valence-corrected chi connectivity index (χ3v) is 2.01. The summed E-state index contributed by atoms with van der Waals surface area (Å²) in [6.07, 6.45) is 0. The Morgan fingerprint density at radius 1 is 1.36 bits per heavy atom. The van der Waals surface area contributed by atoms with Crippen LogP contribution in [0.15, 0.2) is 0 Å². The molecule has 0 saturated heterocycles. The molecular formula is C6H15NO3S. The summed E-state index contributed by atoms with van der Waals surface area (Å²) < 4.78 is 30.5. The molecule has 0 aromatic heterocycles. The molecule has 0 unspecified atom stereocenters. The average Bonchev–Trinajstić information content (AvgIpc) is 1.56. The van der Waals surface area contributed by atoms with Crippen molar-refractivity contribution in [3.8, 4) is 0 Å². The molecule has 68 valence electrons. The van der Waals surface area contributed by atoms with Gasteiger partial charge in [-0.25, -0.2) is 0 Å². The van der Waals surface area contributed by atoms with Gasteiger partial charge in [0.05, 0.1) is 0 Å². The maximum Gasteiger partial charge on any atom is 0.335 e. The van der Waals surface area contributed by atoms with E-state index in [0.717, 1.165) is 4.31 Å².